The summed E-state index contributed by atoms with van der Waals surface area (Å²) in [4.78, 5) is 8.96. The SMILES string of the molecule is N[C@@H](CNS(=O)(=O)c1c(F)cccc1[N+](=O)[O-])c1ccccc1. The fourth-order valence-electron chi connectivity index (χ4n) is 2.00. The van der Waals surface area contributed by atoms with Gasteiger partial charge in [0.1, 0.15) is 5.82 Å². The summed E-state index contributed by atoms with van der Waals surface area (Å²) in [6.45, 7) is -0.224. The molecule has 2 aromatic carbocycles. The van der Waals surface area contributed by atoms with E-state index in [-0.39, 0.29) is 6.54 Å². The van der Waals surface area contributed by atoms with Crippen molar-refractivity contribution in [3.05, 3.63) is 70.0 Å². The van der Waals surface area contributed by atoms with E-state index in [0.717, 1.165) is 18.2 Å². The lowest BCUT2D eigenvalue weighted by molar-refractivity contribution is -0.388. The molecule has 3 N–H and O–H groups in total. The van der Waals surface area contributed by atoms with Crippen LogP contribution in [0.25, 0.3) is 0 Å². The van der Waals surface area contributed by atoms with Crippen molar-refractivity contribution in [1.29, 1.82) is 0 Å². The van der Waals surface area contributed by atoms with Gasteiger partial charge in [-0.1, -0.05) is 36.4 Å². The van der Waals surface area contributed by atoms with E-state index in [9.17, 15) is 22.9 Å². The first kappa shape index (κ1) is 17.0. The maximum atomic E-state index is 13.8. The molecule has 2 rings (SSSR count). The lowest BCUT2D eigenvalue weighted by Gasteiger charge is -2.13. The molecular weight excluding hydrogens is 325 g/mol. The van der Waals surface area contributed by atoms with Crippen LogP contribution in [0.15, 0.2) is 53.4 Å². The molecule has 1 atom stereocenters. The molecule has 0 fully saturated rings. The normalized spacial score (nSPS) is 12.8. The molecule has 0 spiro atoms. The van der Waals surface area contributed by atoms with Crippen molar-refractivity contribution in [2.24, 2.45) is 5.73 Å². The predicted octanol–water partition coefficient (Wildman–Crippen LogP) is 1.71. The third-order valence-corrected chi connectivity index (χ3v) is 4.62. The number of hydrogen-bond donors (Lipinski definition) is 2. The molecule has 23 heavy (non-hydrogen) atoms. The summed E-state index contributed by atoms with van der Waals surface area (Å²) >= 11 is 0. The van der Waals surface area contributed by atoms with E-state index in [2.05, 4.69) is 4.72 Å². The minimum atomic E-state index is -4.42. The Balaban J connectivity index is 2.25. The number of nitrogens with one attached hydrogen (secondary N) is 1. The van der Waals surface area contributed by atoms with Crippen LogP contribution in [0.1, 0.15) is 11.6 Å². The second kappa shape index (κ2) is 6.82. The van der Waals surface area contributed by atoms with Gasteiger partial charge in [-0.05, 0) is 11.6 Å². The molecule has 0 amide bonds. The highest BCUT2D eigenvalue weighted by molar-refractivity contribution is 7.89. The number of nitro groups is 1. The molecule has 0 aliphatic heterocycles. The molecule has 0 saturated heterocycles. The van der Waals surface area contributed by atoms with Crippen LogP contribution in [0, 0.1) is 15.9 Å². The van der Waals surface area contributed by atoms with Crippen LogP contribution in [0.3, 0.4) is 0 Å². The van der Waals surface area contributed by atoms with Crippen LogP contribution in [-0.4, -0.2) is 19.9 Å². The summed E-state index contributed by atoms with van der Waals surface area (Å²) in [7, 11) is -4.42. The van der Waals surface area contributed by atoms with Crippen LogP contribution < -0.4 is 10.5 Å². The van der Waals surface area contributed by atoms with Crippen LogP contribution in [-0.2, 0) is 10.0 Å². The van der Waals surface area contributed by atoms with Gasteiger partial charge in [0.25, 0.3) is 5.69 Å². The summed E-state index contributed by atoms with van der Waals surface area (Å²) in [5, 5.41) is 10.9. The molecule has 0 radical (unpaired) electrons. The maximum absolute atomic E-state index is 13.8. The average molecular weight is 339 g/mol. The Morgan fingerprint density at radius 3 is 2.43 bits per heavy atom. The van der Waals surface area contributed by atoms with Crippen LogP contribution >= 0.6 is 0 Å². The van der Waals surface area contributed by atoms with Crippen molar-refractivity contribution < 1.29 is 17.7 Å². The van der Waals surface area contributed by atoms with Gasteiger partial charge in [-0.2, -0.15) is 0 Å². The molecule has 0 aromatic heterocycles. The molecule has 9 heteroatoms. The van der Waals surface area contributed by atoms with Crippen LogP contribution in [0.5, 0.6) is 0 Å². The highest BCUT2D eigenvalue weighted by Crippen LogP contribution is 2.26. The van der Waals surface area contributed by atoms with Gasteiger partial charge in [-0.15, -0.1) is 0 Å². The number of sulfonamides is 1. The highest BCUT2D eigenvalue weighted by atomic mass is 32.2. The van der Waals surface area contributed by atoms with Crippen molar-refractivity contribution in [3.8, 4) is 0 Å². The van der Waals surface area contributed by atoms with Gasteiger partial charge in [0.2, 0.25) is 10.0 Å². The Bertz CT molecular complexity index is 812. The second-order valence-electron chi connectivity index (χ2n) is 4.71. The lowest BCUT2D eigenvalue weighted by atomic mass is 10.1. The number of nitro benzene ring substituents is 1. The predicted molar refractivity (Wildman–Crippen MR) is 81.6 cm³/mol. The number of halogens is 1. The topological polar surface area (TPSA) is 115 Å². The van der Waals surface area contributed by atoms with Crippen molar-refractivity contribution in [3.63, 3.8) is 0 Å². The molecule has 7 nitrogen and oxygen atoms in total. The fourth-order valence-corrected chi connectivity index (χ4v) is 3.28. The first-order chi connectivity index (χ1) is 10.8. The molecule has 122 valence electrons. The first-order valence-electron chi connectivity index (χ1n) is 6.56. The third kappa shape index (κ3) is 3.89. The highest BCUT2D eigenvalue weighted by Gasteiger charge is 2.30. The van der Waals surface area contributed by atoms with Crippen molar-refractivity contribution in [2.75, 3.05) is 6.54 Å². The Morgan fingerprint density at radius 1 is 1.17 bits per heavy atom. The minimum absolute atomic E-state index is 0.224. The molecule has 0 aliphatic carbocycles. The zero-order valence-corrected chi connectivity index (χ0v) is 12.7. The smallest absolute Gasteiger partial charge is 0.292 e. The summed E-state index contributed by atoms with van der Waals surface area (Å²) in [5.74, 6) is -1.19. The summed E-state index contributed by atoms with van der Waals surface area (Å²) in [5.41, 5.74) is 5.71. The van der Waals surface area contributed by atoms with Crippen LogP contribution in [0.2, 0.25) is 0 Å². The standard InChI is InChI=1S/C14H14FN3O4S/c15-11-7-4-8-13(18(19)20)14(11)23(21,22)17-9-12(16)10-5-2-1-3-6-10/h1-8,12,17H,9,16H2/t12-/m0/s1. The fraction of sp³-hybridized carbons (Fsp3) is 0.143. The number of hydrogen-bond acceptors (Lipinski definition) is 5. The van der Waals surface area contributed by atoms with Gasteiger partial charge in [0, 0.05) is 18.7 Å². The average Bonchev–Trinajstić information content (AvgIpc) is 2.53. The molecular formula is C14H14FN3O4S. The maximum Gasteiger partial charge on any atom is 0.292 e. The Kier molecular flexibility index (Phi) is 5.04. The quantitative estimate of drug-likeness (QED) is 0.614. The van der Waals surface area contributed by atoms with Gasteiger partial charge in [-0.3, -0.25) is 10.1 Å². The van der Waals surface area contributed by atoms with E-state index < -0.39 is 37.4 Å². The van der Waals surface area contributed by atoms with Gasteiger partial charge < -0.3 is 5.73 Å². The van der Waals surface area contributed by atoms with Gasteiger partial charge in [0.05, 0.1) is 4.92 Å². The van der Waals surface area contributed by atoms with E-state index in [1.807, 2.05) is 0 Å². The molecule has 0 unspecified atom stereocenters. The largest absolute Gasteiger partial charge is 0.323 e. The van der Waals surface area contributed by atoms with Crippen molar-refractivity contribution >= 4 is 15.7 Å². The minimum Gasteiger partial charge on any atom is -0.323 e. The van der Waals surface area contributed by atoms with Crippen molar-refractivity contribution in [1.82, 2.24) is 4.72 Å². The van der Waals surface area contributed by atoms with Gasteiger partial charge in [0.15, 0.2) is 4.90 Å². The van der Waals surface area contributed by atoms with E-state index in [1.165, 1.54) is 0 Å². The zero-order valence-electron chi connectivity index (χ0n) is 11.8. The summed E-state index contributed by atoms with van der Waals surface area (Å²) < 4.78 is 40.3. The molecule has 0 aliphatic rings. The monoisotopic (exact) mass is 339 g/mol. The summed E-state index contributed by atoms with van der Waals surface area (Å²) in [6, 6.07) is 10.9. The number of nitrogens with two attached hydrogens (primary N) is 1. The molecule has 0 saturated carbocycles. The van der Waals surface area contributed by atoms with E-state index in [1.54, 1.807) is 30.3 Å². The lowest BCUT2D eigenvalue weighted by Crippen LogP contribution is -2.32. The number of benzene rings is 2. The molecule has 0 heterocycles. The Morgan fingerprint density at radius 2 is 1.83 bits per heavy atom. The zero-order chi connectivity index (χ0) is 17.0. The van der Waals surface area contributed by atoms with E-state index >= 15 is 0 Å². The number of rotatable bonds is 6. The molecule has 0 bridgehead atoms. The first-order valence-corrected chi connectivity index (χ1v) is 8.04. The van der Waals surface area contributed by atoms with E-state index in [0.29, 0.717) is 5.56 Å². The Labute approximate surface area is 132 Å². The number of nitrogens with zero attached hydrogens (tertiary/aromatic N) is 1. The third-order valence-electron chi connectivity index (χ3n) is 3.13. The second-order valence-corrected chi connectivity index (χ2v) is 6.42. The van der Waals surface area contributed by atoms with E-state index in [4.69, 9.17) is 5.73 Å². The van der Waals surface area contributed by atoms with Crippen LogP contribution in [0.4, 0.5) is 10.1 Å². The van der Waals surface area contributed by atoms with Crippen molar-refractivity contribution in [2.45, 2.75) is 10.9 Å². The van der Waals surface area contributed by atoms with Gasteiger partial charge in [-0.25, -0.2) is 17.5 Å². The Hall–Kier alpha value is -2.36. The molecule has 2 aromatic rings. The van der Waals surface area contributed by atoms with Gasteiger partial charge >= 0.3 is 0 Å². The summed E-state index contributed by atoms with van der Waals surface area (Å²) in [6.07, 6.45) is 0.